The van der Waals surface area contributed by atoms with E-state index in [0.29, 0.717) is 10.8 Å². The SMILES string of the molecule is CCn1c(SCc2ccc(F)cc2Cl)nnc1-c1csc(C)c1-c1ccccc1. The van der Waals surface area contributed by atoms with Crippen molar-refractivity contribution in [2.45, 2.75) is 31.3 Å². The van der Waals surface area contributed by atoms with Gasteiger partial charge in [0, 0.05) is 38.7 Å². The Hall–Kier alpha value is -2.15. The van der Waals surface area contributed by atoms with Crippen molar-refractivity contribution in [2.24, 2.45) is 0 Å². The van der Waals surface area contributed by atoms with E-state index >= 15 is 0 Å². The first-order chi connectivity index (χ1) is 14.1. The fourth-order valence-corrected chi connectivity index (χ4v) is 5.43. The maximum Gasteiger partial charge on any atom is 0.191 e. The van der Waals surface area contributed by atoms with Crippen LogP contribution < -0.4 is 0 Å². The Morgan fingerprint density at radius 2 is 1.93 bits per heavy atom. The van der Waals surface area contributed by atoms with Crippen LogP contribution in [0.25, 0.3) is 22.5 Å². The average Bonchev–Trinajstić information content (AvgIpc) is 3.30. The van der Waals surface area contributed by atoms with Gasteiger partial charge < -0.3 is 4.57 Å². The Balaban J connectivity index is 1.67. The minimum absolute atomic E-state index is 0.330. The molecule has 0 saturated carbocycles. The van der Waals surface area contributed by atoms with E-state index in [4.69, 9.17) is 11.6 Å². The zero-order valence-corrected chi connectivity index (χ0v) is 18.4. The number of hydrogen-bond donors (Lipinski definition) is 0. The summed E-state index contributed by atoms with van der Waals surface area (Å²) in [5.74, 6) is 1.14. The summed E-state index contributed by atoms with van der Waals surface area (Å²) in [6.45, 7) is 4.98. The molecule has 4 rings (SSSR count). The molecule has 0 radical (unpaired) electrons. The van der Waals surface area contributed by atoms with Crippen molar-refractivity contribution >= 4 is 34.7 Å². The number of hydrogen-bond acceptors (Lipinski definition) is 4. The molecule has 0 unspecified atom stereocenters. The van der Waals surface area contributed by atoms with E-state index in [1.807, 2.05) is 6.07 Å². The first-order valence-electron chi connectivity index (χ1n) is 9.22. The Labute approximate surface area is 182 Å². The van der Waals surface area contributed by atoms with Gasteiger partial charge in [0.1, 0.15) is 5.82 Å². The van der Waals surface area contributed by atoms with Crippen molar-refractivity contribution in [3.63, 3.8) is 0 Å². The number of halogens is 2. The zero-order valence-electron chi connectivity index (χ0n) is 16.0. The number of aromatic nitrogens is 3. The van der Waals surface area contributed by atoms with Crippen LogP contribution in [0.4, 0.5) is 4.39 Å². The molecule has 4 aromatic rings. The van der Waals surface area contributed by atoms with Gasteiger partial charge >= 0.3 is 0 Å². The average molecular weight is 444 g/mol. The first kappa shape index (κ1) is 20.1. The van der Waals surface area contributed by atoms with Crippen molar-refractivity contribution in [3.05, 3.63) is 75.2 Å². The predicted molar refractivity (Wildman–Crippen MR) is 120 cm³/mol. The third kappa shape index (κ3) is 4.10. The van der Waals surface area contributed by atoms with E-state index in [0.717, 1.165) is 28.7 Å². The van der Waals surface area contributed by atoms with Gasteiger partial charge in [0.25, 0.3) is 0 Å². The van der Waals surface area contributed by atoms with Crippen LogP contribution in [0.1, 0.15) is 17.4 Å². The van der Waals surface area contributed by atoms with E-state index in [1.54, 1.807) is 29.2 Å². The minimum Gasteiger partial charge on any atom is -0.302 e. The molecule has 29 heavy (non-hydrogen) atoms. The van der Waals surface area contributed by atoms with Gasteiger partial charge in [0.05, 0.1) is 0 Å². The number of thiophene rings is 1. The lowest BCUT2D eigenvalue weighted by Gasteiger charge is -2.10. The Morgan fingerprint density at radius 1 is 1.14 bits per heavy atom. The summed E-state index contributed by atoms with van der Waals surface area (Å²) >= 11 is 9.44. The number of aryl methyl sites for hydroxylation is 1. The fraction of sp³-hybridized carbons (Fsp3) is 0.182. The van der Waals surface area contributed by atoms with Gasteiger partial charge in [-0.15, -0.1) is 21.5 Å². The molecule has 7 heteroatoms. The van der Waals surface area contributed by atoms with Gasteiger partial charge in [-0.05, 0) is 37.1 Å². The molecule has 0 aliphatic rings. The van der Waals surface area contributed by atoms with Gasteiger partial charge in [0.2, 0.25) is 0 Å². The van der Waals surface area contributed by atoms with Crippen LogP contribution in [0, 0.1) is 12.7 Å². The zero-order chi connectivity index (χ0) is 20.4. The minimum atomic E-state index is -0.330. The number of rotatable bonds is 6. The lowest BCUT2D eigenvalue weighted by Crippen LogP contribution is -2.00. The van der Waals surface area contributed by atoms with Crippen molar-refractivity contribution in [1.82, 2.24) is 14.8 Å². The van der Waals surface area contributed by atoms with Crippen LogP contribution in [0.3, 0.4) is 0 Å². The molecule has 0 amide bonds. The highest BCUT2D eigenvalue weighted by Crippen LogP contribution is 2.39. The first-order valence-corrected chi connectivity index (χ1v) is 11.5. The molecule has 148 valence electrons. The van der Waals surface area contributed by atoms with Gasteiger partial charge in [-0.25, -0.2) is 4.39 Å². The van der Waals surface area contributed by atoms with Crippen LogP contribution in [0.2, 0.25) is 5.02 Å². The van der Waals surface area contributed by atoms with Crippen molar-refractivity contribution < 1.29 is 4.39 Å². The summed E-state index contributed by atoms with van der Waals surface area (Å²) < 4.78 is 15.4. The normalized spacial score (nSPS) is 11.2. The third-order valence-corrected chi connectivity index (χ3v) is 6.96. The van der Waals surface area contributed by atoms with E-state index in [1.165, 1.54) is 28.1 Å². The summed E-state index contributed by atoms with van der Waals surface area (Å²) in [7, 11) is 0. The molecule has 0 atom stereocenters. The summed E-state index contributed by atoms with van der Waals surface area (Å²) in [4.78, 5) is 1.25. The maximum atomic E-state index is 13.3. The van der Waals surface area contributed by atoms with Crippen LogP contribution >= 0.6 is 34.7 Å². The molecule has 0 N–H and O–H groups in total. The number of thioether (sulfide) groups is 1. The second kappa shape index (κ2) is 8.69. The molecule has 0 bridgehead atoms. The molecule has 0 spiro atoms. The molecular weight excluding hydrogens is 425 g/mol. The molecule has 3 nitrogen and oxygen atoms in total. The topological polar surface area (TPSA) is 30.7 Å². The Kier molecular flexibility index (Phi) is 6.04. The number of nitrogens with zero attached hydrogens (tertiary/aromatic N) is 3. The van der Waals surface area contributed by atoms with E-state index < -0.39 is 0 Å². The summed E-state index contributed by atoms with van der Waals surface area (Å²) in [5, 5.41) is 12.4. The fourth-order valence-electron chi connectivity index (χ4n) is 3.24. The molecule has 2 aromatic heterocycles. The smallest absolute Gasteiger partial charge is 0.191 e. The van der Waals surface area contributed by atoms with E-state index in [2.05, 4.69) is 58.3 Å². The van der Waals surface area contributed by atoms with E-state index in [-0.39, 0.29) is 5.82 Å². The van der Waals surface area contributed by atoms with Gasteiger partial charge in [0.15, 0.2) is 11.0 Å². The second-order valence-corrected chi connectivity index (χ2v) is 8.95. The molecular formula is C22H19ClFN3S2. The van der Waals surface area contributed by atoms with Gasteiger partial charge in [-0.3, -0.25) is 0 Å². The van der Waals surface area contributed by atoms with Gasteiger partial charge in [-0.2, -0.15) is 0 Å². The lowest BCUT2D eigenvalue weighted by atomic mass is 10.0. The lowest BCUT2D eigenvalue weighted by molar-refractivity contribution is 0.627. The Morgan fingerprint density at radius 3 is 2.66 bits per heavy atom. The molecule has 0 aliphatic heterocycles. The van der Waals surface area contributed by atoms with Gasteiger partial charge in [-0.1, -0.05) is 59.8 Å². The van der Waals surface area contributed by atoms with Crippen molar-refractivity contribution in [2.75, 3.05) is 0 Å². The quantitative estimate of drug-likeness (QED) is 0.298. The molecule has 2 heterocycles. The number of benzene rings is 2. The third-order valence-electron chi connectivity index (χ3n) is 4.68. The monoisotopic (exact) mass is 443 g/mol. The summed E-state index contributed by atoms with van der Waals surface area (Å²) in [6.07, 6.45) is 0. The predicted octanol–water partition coefficient (Wildman–Crippen LogP) is 7.09. The maximum absolute atomic E-state index is 13.3. The van der Waals surface area contributed by atoms with E-state index in [9.17, 15) is 4.39 Å². The largest absolute Gasteiger partial charge is 0.302 e. The highest BCUT2D eigenvalue weighted by molar-refractivity contribution is 7.98. The van der Waals surface area contributed by atoms with Crippen molar-refractivity contribution in [3.8, 4) is 22.5 Å². The second-order valence-electron chi connectivity index (χ2n) is 6.52. The van der Waals surface area contributed by atoms with Crippen LogP contribution in [0.5, 0.6) is 0 Å². The molecule has 0 fully saturated rings. The molecule has 0 aliphatic carbocycles. The Bertz CT molecular complexity index is 1140. The summed E-state index contributed by atoms with van der Waals surface area (Å²) in [5.41, 5.74) is 4.36. The standard InChI is InChI=1S/C22H19ClFN3S2/c1-3-27-21(18-13-28-14(2)20(18)15-7-5-4-6-8-15)25-26-22(27)29-12-16-9-10-17(24)11-19(16)23/h4-11,13H,3,12H2,1-2H3. The van der Waals surface area contributed by atoms with Crippen molar-refractivity contribution in [1.29, 1.82) is 0 Å². The highest BCUT2D eigenvalue weighted by atomic mass is 35.5. The molecule has 2 aromatic carbocycles. The molecule has 0 saturated heterocycles. The van der Waals surface area contributed by atoms with Crippen LogP contribution in [-0.2, 0) is 12.3 Å². The highest BCUT2D eigenvalue weighted by Gasteiger charge is 2.20. The summed E-state index contributed by atoms with van der Waals surface area (Å²) in [6, 6.07) is 14.9. The van der Waals surface area contributed by atoms with Crippen LogP contribution in [0.15, 0.2) is 59.1 Å². The van der Waals surface area contributed by atoms with Crippen LogP contribution in [-0.4, -0.2) is 14.8 Å².